The zero-order valence-corrected chi connectivity index (χ0v) is 60.7. The van der Waals surface area contributed by atoms with E-state index in [1.165, 1.54) is 43.0 Å². The molecule has 41 heteroatoms. The predicted octanol–water partition coefficient (Wildman–Crippen LogP) is -6.47. The van der Waals surface area contributed by atoms with E-state index < -0.39 is 230 Å². The summed E-state index contributed by atoms with van der Waals surface area (Å²) in [6, 6.07) is -6.27. The van der Waals surface area contributed by atoms with E-state index in [0.717, 1.165) is 13.8 Å². The van der Waals surface area contributed by atoms with Gasteiger partial charge in [0.25, 0.3) is 0 Å². The van der Waals surface area contributed by atoms with E-state index in [1.54, 1.807) is 38.1 Å². The number of fused-ring (bicyclic) bond motifs is 1. The minimum Gasteiger partial charge on any atom is -0.508 e. The first kappa shape index (κ1) is 88.0. The summed E-state index contributed by atoms with van der Waals surface area (Å²) in [4.78, 5) is 237. The molecule has 25 N–H and O–H groups in total. The highest BCUT2D eigenvalue weighted by Crippen LogP contribution is 2.21. The smallest absolute Gasteiger partial charge is 0.303 e. The molecule has 0 unspecified atom stereocenters. The van der Waals surface area contributed by atoms with Gasteiger partial charge < -0.3 is 112 Å². The molecule has 584 valence electrons. The van der Waals surface area contributed by atoms with Gasteiger partial charge in [-0.15, -0.1) is 0 Å². The molecule has 0 spiro atoms. The lowest BCUT2D eigenvalue weighted by Crippen LogP contribution is -2.62. The van der Waals surface area contributed by atoms with Gasteiger partial charge in [-0.2, -0.15) is 25.3 Å². The molecule has 0 aliphatic rings. The highest BCUT2D eigenvalue weighted by atomic mass is 32.1. The molecular weight excluding hydrogens is 1440 g/mol. The SMILES string of the molecule is CC(=O)N[C@@H](CS)C(=O)N[C@@H](CCC(N)=O)C(=O)N[C@H](C(=O)N[C@@H](Cc1c[nH]c2ccccc12)C(=O)N[C@@H](CCC(N)=O)C(=O)N[C@@H](CS)C(=O)N[C@@H](Cc1ccc(O)cc1)C(=O)N[C@@H](Cc1cnc[nH]1)C(=O)N[C@@H](CCC(C)C)C(=O)N[C@@H](CCC(=O)O)C(=O)N[C@@H](CC(N)=O)C(=O)NCC(N)=O)[C@@H](C)O. The number of amides is 16. The number of nitrogens with zero attached hydrogens (tertiary/aromatic N) is 1. The Morgan fingerprint density at radius 3 is 1.37 bits per heavy atom. The summed E-state index contributed by atoms with van der Waals surface area (Å²) >= 11 is 8.39. The number of carbonyl (C=O) groups is 17. The van der Waals surface area contributed by atoms with Gasteiger partial charge in [0.05, 0.1) is 25.4 Å². The van der Waals surface area contributed by atoms with Crippen molar-refractivity contribution < 1.29 is 96.8 Å². The fraction of sp³-hybridized carbons (Fsp3) is 0.485. The van der Waals surface area contributed by atoms with Gasteiger partial charge in [-0.05, 0) is 74.3 Å². The van der Waals surface area contributed by atoms with Gasteiger partial charge in [-0.25, -0.2) is 4.98 Å². The Hall–Kier alpha value is -11.4. The van der Waals surface area contributed by atoms with Crippen molar-refractivity contribution in [3.05, 3.63) is 84.1 Å². The molecule has 0 aliphatic carbocycles. The fourth-order valence-corrected chi connectivity index (χ4v) is 11.0. The van der Waals surface area contributed by atoms with Gasteiger partial charge in [0.2, 0.25) is 94.5 Å². The number of thiol groups is 2. The third kappa shape index (κ3) is 30.7. The second kappa shape index (κ2) is 43.8. The van der Waals surface area contributed by atoms with Crippen LogP contribution in [-0.4, -0.2) is 221 Å². The van der Waals surface area contributed by atoms with Gasteiger partial charge in [0.1, 0.15) is 72.2 Å². The van der Waals surface area contributed by atoms with Gasteiger partial charge >= 0.3 is 5.97 Å². The number of aliphatic carboxylic acids is 1. The number of aliphatic hydroxyl groups excluding tert-OH is 1. The summed E-state index contributed by atoms with van der Waals surface area (Å²) in [6.07, 6.45) is -2.86. The number of phenolic OH excluding ortho intramolecular Hbond substituents is 1. The van der Waals surface area contributed by atoms with Crippen LogP contribution in [0.4, 0.5) is 0 Å². The molecule has 4 aromatic rings. The number of rotatable bonds is 47. The lowest BCUT2D eigenvalue weighted by molar-refractivity contribution is -0.139. The Kier molecular flexibility index (Phi) is 36.0. The third-order valence-corrected chi connectivity index (χ3v) is 16.9. The number of aromatic hydroxyl groups is 1. The molecule has 16 amide bonds. The molecule has 0 aliphatic heterocycles. The first-order chi connectivity index (χ1) is 50.5. The summed E-state index contributed by atoms with van der Waals surface area (Å²) in [7, 11) is 0. The Labute approximate surface area is 623 Å². The molecule has 2 heterocycles. The topological polar surface area (TPSA) is 644 Å². The van der Waals surface area contributed by atoms with Crippen LogP contribution in [0, 0.1) is 5.92 Å². The van der Waals surface area contributed by atoms with Crippen molar-refractivity contribution in [2.24, 2.45) is 28.9 Å². The number of hydrogen-bond acceptors (Lipinski definition) is 22. The number of aliphatic hydroxyl groups is 1. The van der Waals surface area contributed by atoms with Crippen LogP contribution in [-0.2, 0) is 101 Å². The van der Waals surface area contributed by atoms with Crippen LogP contribution in [0.2, 0.25) is 0 Å². The maximum absolute atomic E-state index is 14.9. The largest absolute Gasteiger partial charge is 0.508 e. The molecule has 0 saturated carbocycles. The molecule has 2 aromatic carbocycles. The molecular formula is C66H93N19O20S2. The van der Waals surface area contributed by atoms with Crippen molar-refractivity contribution in [1.29, 1.82) is 0 Å². The summed E-state index contributed by atoms with van der Waals surface area (Å²) in [5.74, 6) is -19.1. The zero-order valence-electron chi connectivity index (χ0n) is 58.9. The van der Waals surface area contributed by atoms with Crippen LogP contribution in [0.5, 0.6) is 5.75 Å². The average molecular weight is 1540 g/mol. The third-order valence-electron chi connectivity index (χ3n) is 16.2. The van der Waals surface area contributed by atoms with Crippen molar-refractivity contribution in [1.82, 2.24) is 78.8 Å². The quantitative estimate of drug-likeness (QED) is 0.0183. The highest BCUT2D eigenvalue weighted by molar-refractivity contribution is 7.80. The summed E-state index contributed by atoms with van der Waals surface area (Å²) in [5, 5.41) is 60.3. The predicted molar refractivity (Wildman–Crippen MR) is 386 cm³/mol. The Morgan fingerprint density at radius 2 is 0.907 bits per heavy atom. The number of nitrogens with two attached hydrogens (primary N) is 4. The minimum absolute atomic E-state index is 0.128. The molecule has 107 heavy (non-hydrogen) atoms. The van der Waals surface area contributed by atoms with Crippen molar-refractivity contribution >= 4 is 137 Å². The van der Waals surface area contributed by atoms with Crippen LogP contribution in [0.3, 0.4) is 0 Å². The summed E-state index contributed by atoms with van der Waals surface area (Å²) in [5.41, 5.74) is 22.9. The molecule has 0 radical (unpaired) electrons. The monoisotopic (exact) mass is 1540 g/mol. The van der Waals surface area contributed by atoms with Gasteiger partial charge in [0.15, 0.2) is 0 Å². The fourth-order valence-electron chi connectivity index (χ4n) is 10.5. The maximum atomic E-state index is 14.9. The normalized spacial score (nSPS) is 14.4. The van der Waals surface area contributed by atoms with E-state index in [1.807, 2.05) is 0 Å². The second-order valence-corrected chi connectivity index (χ2v) is 26.1. The van der Waals surface area contributed by atoms with Crippen molar-refractivity contribution in [3.8, 4) is 5.75 Å². The van der Waals surface area contributed by atoms with E-state index in [0.29, 0.717) is 22.0 Å². The van der Waals surface area contributed by atoms with E-state index in [-0.39, 0.29) is 55.2 Å². The number of carboxylic acid groups (broad SMARTS) is 1. The molecule has 39 nitrogen and oxygen atoms in total. The molecule has 0 bridgehead atoms. The first-order valence-electron chi connectivity index (χ1n) is 33.6. The number of aromatic nitrogens is 3. The number of H-pyrrole nitrogens is 2. The lowest BCUT2D eigenvalue weighted by atomic mass is 10.0. The van der Waals surface area contributed by atoms with E-state index >= 15 is 0 Å². The van der Waals surface area contributed by atoms with Crippen LogP contribution in [0.25, 0.3) is 10.9 Å². The molecule has 0 fully saturated rings. The van der Waals surface area contributed by atoms with Crippen molar-refractivity contribution in [2.45, 2.75) is 177 Å². The average Bonchev–Trinajstić information content (AvgIpc) is 1.72. The molecule has 2 aromatic heterocycles. The number of nitrogens with one attached hydrogen (secondary N) is 14. The number of carboxylic acids is 1. The Morgan fingerprint density at radius 1 is 0.467 bits per heavy atom. The summed E-state index contributed by atoms with van der Waals surface area (Å²) < 4.78 is 0. The van der Waals surface area contributed by atoms with Crippen molar-refractivity contribution in [3.63, 3.8) is 0 Å². The van der Waals surface area contributed by atoms with Gasteiger partial charge in [-0.1, -0.05) is 44.2 Å². The highest BCUT2D eigenvalue weighted by Gasteiger charge is 2.38. The molecule has 4 rings (SSSR count). The number of carbonyl (C=O) groups excluding carboxylic acids is 16. The number of imidazole rings is 1. The number of phenols is 1. The van der Waals surface area contributed by atoms with E-state index in [2.05, 4.69) is 104 Å². The number of primary amides is 4. The maximum Gasteiger partial charge on any atom is 0.303 e. The van der Waals surface area contributed by atoms with E-state index in [9.17, 15) is 96.8 Å². The minimum atomic E-state index is -1.92. The number of aromatic amines is 2. The second-order valence-electron chi connectivity index (χ2n) is 25.4. The van der Waals surface area contributed by atoms with Crippen LogP contribution in [0.1, 0.15) is 102 Å². The summed E-state index contributed by atoms with van der Waals surface area (Å²) in [6.45, 7) is 5.09. The number of hydrogen-bond donors (Lipinski definition) is 23. The molecule has 0 saturated heterocycles. The standard InChI is InChI=1S/C66H93N19O20S2/c1-31(2)9-14-40(57(96)76-43(17-20-54(93)94)58(97)82-47(24-52(69)91)56(95)73-27-53(70)92)77-63(102)46(23-36-26-71-30-74-36)81-61(100)44(21-34-10-12-37(88)13-11-34)80-65(104)49(29-107)84-59(98)41(15-18-50(67)89)78-62(101)45(22-35-25-72-39-8-6-5-7-38(35)39)83-66(105)55(32(3)86)85-60(99)42(16-19-51(68)90)79-64(103)48(28-106)75-33(4)87/h5-8,10-13,25-26,30-32,40-49,55,72,86,88,106-107H,9,14-24,27-29H2,1-4H3,(H2,67,89)(H2,68,90)(H2,69,91)(H2,70,92)(H,71,74)(H,73,95)(H,75,87)(H,76,96)(H,77,102)(H,78,101)(H,79,103)(H,80,104)(H,81,100)(H,82,97)(H,83,105)(H,84,98)(H,85,99)(H,93,94)/t32-,40+,41+,42+,43+,44+,45+,46+,47+,48+,49+,55+/m1/s1. The van der Waals surface area contributed by atoms with E-state index in [4.69, 9.17) is 22.9 Å². The van der Waals surface area contributed by atoms with Gasteiger partial charge in [0, 0.05) is 85.9 Å². The Bertz CT molecular complexity index is 3820. The Balaban J connectivity index is 1.69. The number of para-hydroxylation sites is 1. The lowest BCUT2D eigenvalue weighted by Gasteiger charge is -2.29. The van der Waals surface area contributed by atoms with Crippen LogP contribution >= 0.6 is 25.3 Å². The zero-order chi connectivity index (χ0) is 79.8. The van der Waals surface area contributed by atoms with Crippen LogP contribution in [0.15, 0.2) is 67.3 Å². The van der Waals surface area contributed by atoms with Crippen molar-refractivity contribution in [2.75, 3.05) is 18.1 Å². The molecule has 12 atom stereocenters. The number of benzene rings is 2. The van der Waals surface area contributed by atoms with Gasteiger partial charge in [-0.3, -0.25) is 81.5 Å². The first-order valence-corrected chi connectivity index (χ1v) is 34.9. The van der Waals surface area contributed by atoms with Crippen LogP contribution < -0.4 is 86.7 Å².